The molecule has 1 aromatic heterocycles. The number of aryl methyl sites for hydroxylation is 1. The normalized spacial score (nSPS) is 10.7. The topological polar surface area (TPSA) is 96.4 Å². The van der Waals surface area contributed by atoms with E-state index < -0.39 is 11.6 Å². The van der Waals surface area contributed by atoms with Gasteiger partial charge < -0.3 is 9.72 Å². The van der Waals surface area contributed by atoms with Crippen molar-refractivity contribution in [1.29, 1.82) is 0 Å². The molecule has 8 heteroatoms. The third-order valence-electron chi connectivity index (χ3n) is 2.67. The fourth-order valence-electron chi connectivity index (χ4n) is 1.72. The van der Waals surface area contributed by atoms with Crippen LogP contribution in [0.2, 0.25) is 0 Å². The highest BCUT2D eigenvalue weighted by Crippen LogP contribution is 2.21. The molecule has 0 atom stereocenters. The minimum Gasteiger partial charge on any atom is -0.496 e. The zero-order valence-electron chi connectivity index (χ0n) is 11.9. The molecule has 0 saturated carbocycles. The number of nitrogens with one attached hydrogen (secondary N) is 2. The van der Waals surface area contributed by atoms with Crippen molar-refractivity contribution in [2.24, 2.45) is 5.10 Å². The highest BCUT2D eigenvalue weighted by Gasteiger charge is 2.08. The van der Waals surface area contributed by atoms with Crippen molar-refractivity contribution >= 4 is 28.1 Å². The second-order valence-corrected chi connectivity index (χ2v) is 5.26. The van der Waals surface area contributed by atoms with E-state index in [1.807, 2.05) is 6.07 Å². The third kappa shape index (κ3) is 4.01. The van der Waals surface area contributed by atoms with Gasteiger partial charge in [-0.25, -0.2) is 10.2 Å². The van der Waals surface area contributed by atoms with Gasteiger partial charge in [-0.3, -0.25) is 4.79 Å². The second-order valence-electron chi connectivity index (χ2n) is 4.34. The summed E-state index contributed by atoms with van der Waals surface area (Å²) in [4.78, 5) is 29.1. The van der Waals surface area contributed by atoms with Crippen LogP contribution in [0.15, 0.2) is 38.6 Å². The van der Waals surface area contributed by atoms with E-state index in [0.717, 1.165) is 4.47 Å². The average molecular weight is 365 g/mol. The highest BCUT2D eigenvalue weighted by molar-refractivity contribution is 9.10. The van der Waals surface area contributed by atoms with Gasteiger partial charge in [0.25, 0.3) is 5.91 Å². The van der Waals surface area contributed by atoms with Gasteiger partial charge in [0, 0.05) is 15.7 Å². The number of amides is 1. The Bertz CT molecular complexity index is 786. The number of methoxy groups -OCH3 is 1. The van der Waals surface area contributed by atoms with Gasteiger partial charge in [-0.05, 0) is 31.2 Å². The number of hydrogen-bond acceptors (Lipinski definition) is 5. The lowest BCUT2D eigenvalue weighted by Gasteiger charge is -2.04. The molecule has 0 radical (unpaired) electrons. The molecule has 2 rings (SSSR count). The van der Waals surface area contributed by atoms with Gasteiger partial charge >= 0.3 is 5.69 Å². The predicted molar refractivity (Wildman–Crippen MR) is 85.3 cm³/mol. The van der Waals surface area contributed by atoms with Gasteiger partial charge in [-0.1, -0.05) is 15.9 Å². The summed E-state index contributed by atoms with van der Waals surface area (Å²) in [6.07, 6.45) is 1.45. The van der Waals surface area contributed by atoms with Crippen LogP contribution in [-0.2, 0) is 0 Å². The molecule has 7 nitrogen and oxygen atoms in total. The summed E-state index contributed by atoms with van der Waals surface area (Å²) in [6, 6.07) is 6.86. The fourth-order valence-corrected chi connectivity index (χ4v) is 2.10. The Hall–Kier alpha value is -2.48. The Balaban J connectivity index is 2.14. The molecule has 0 saturated heterocycles. The second kappa shape index (κ2) is 6.99. The first-order valence-electron chi connectivity index (χ1n) is 6.24. The highest BCUT2D eigenvalue weighted by atomic mass is 79.9. The van der Waals surface area contributed by atoms with Gasteiger partial charge in [0.05, 0.1) is 13.3 Å². The van der Waals surface area contributed by atoms with E-state index in [1.165, 1.54) is 12.3 Å². The molecule has 1 heterocycles. The zero-order valence-corrected chi connectivity index (χ0v) is 13.5. The summed E-state index contributed by atoms with van der Waals surface area (Å²) in [5, 5.41) is 3.85. The van der Waals surface area contributed by atoms with Crippen LogP contribution in [0.4, 0.5) is 0 Å². The van der Waals surface area contributed by atoms with E-state index >= 15 is 0 Å². The monoisotopic (exact) mass is 364 g/mol. The molecule has 1 amide bonds. The number of hydrogen-bond donors (Lipinski definition) is 2. The van der Waals surface area contributed by atoms with Crippen molar-refractivity contribution in [3.8, 4) is 5.75 Å². The van der Waals surface area contributed by atoms with Crippen molar-refractivity contribution < 1.29 is 9.53 Å². The van der Waals surface area contributed by atoms with Gasteiger partial charge in [0.15, 0.2) is 0 Å². The smallest absolute Gasteiger partial charge is 0.345 e. The first kappa shape index (κ1) is 15.9. The number of ether oxygens (including phenoxy) is 1. The Kier molecular flexibility index (Phi) is 5.05. The molecular weight excluding hydrogens is 352 g/mol. The number of H-pyrrole nitrogens is 1. The summed E-state index contributed by atoms with van der Waals surface area (Å²) in [7, 11) is 1.54. The summed E-state index contributed by atoms with van der Waals surface area (Å²) >= 11 is 3.35. The number of rotatable bonds is 4. The van der Waals surface area contributed by atoms with Gasteiger partial charge in [-0.15, -0.1) is 0 Å². The van der Waals surface area contributed by atoms with Crippen LogP contribution in [0, 0.1) is 6.92 Å². The lowest BCUT2D eigenvalue weighted by Crippen LogP contribution is -2.24. The molecule has 22 heavy (non-hydrogen) atoms. The fraction of sp³-hybridized carbons (Fsp3) is 0.143. The predicted octanol–water partition coefficient (Wildman–Crippen LogP) is 1.61. The van der Waals surface area contributed by atoms with Crippen molar-refractivity contribution in [2.45, 2.75) is 6.92 Å². The standard InChI is InChI=1S/C14H13BrN4O3/c1-8-5-11(18-14(21)17-8)13(20)19-16-7-9-6-10(15)3-4-12(9)22-2/h3-7H,1-2H3,(H,19,20)(H,17,18,21)/b16-7+. The van der Waals surface area contributed by atoms with Gasteiger partial charge in [0.2, 0.25) is 0 Å². The number of carbonyl (C=O) groups excluding carboxylic acids is 1. The molecule has 0 bridgehead atoms. The SMILES string of the molecule is COc1ccc(Br)cc1/C=N/NC(=O)c1cc(C)[nH]c(=O)n1. The molecule has 1 aromatic carbocycles. The average Bonchev–Trinajstić information content (AvgIpc) is 2.46. The van der Waals surface area contributed by atoms with Crippen LogP contribution in [0.5, 0.6) is 5.75 Å². The molecular formula is C14H13BrN4O3. The van der Waals surface area contributed by atoms with Crippen LogP contribution < -0.4 is 15.9 Å². The number of halogens is 1. The molecule has 0 fully saturated rings. The van der Waals surface area contributed by atoms with Crippen molar-refractivity contribution in [3.05, 3.63) is 56.2 Å². The van der Waals surface area contributed by atoms with E-state index in [9.17, 15) is 9.59 Å². The quantitative estimate of drug-likeness (QED) is 0.636. The Morgan fingerprint density at radius 3 is 2.91 bits per heavy atom. The molecule has 0 unspecified atom stereocenters. The van der Waals surface area contributed by atoms with E-state index in [-0.39, 0.29) is 5.69 Å². The van der Waals surface area contributed by atoms with Crippen LogP contribution in [0.3, 0.4) is 0 Å². The zero-order chi connectivity index (χ0) is 16.1. The number of carbonyl (C=O) groups is 1. The molecule has 114 valence electrons. The van der Waals surface area contributed by atoms with Crippen LogP contribution in [0.25, 0.3) is 0 Å². The van der Waals surface area contributed by atoms with E-state index in [0.29, 0.717) is 17.0 Å². The molecule has 2 aromatic rings. The van der Waals surface area contributed by atoms with Crippen molar-refractivity contribution in [3.63, 3.8) is 0 Å². The maximum absolute atomic E-state index is 11.9. The largest absolute Gasteiger partial charge is 0.496 e. The first-order chi connectivity index (χ1) is 10.5. The Labute approximate surface area is 134 Å². The van der Waals surface area contributed by atoms with Gasteiger partial charge in [-0.2, -0.15) is 10.1 Å². The van der Waals surface area contributed by atoms with E-state index in [1.54, 1.807) is 26.2 Å². The molecule has 0 aliphatic carbocycles. The minimum absolute atomic E-state index is 0.000364. The lowest BCUT2D eigenvalue weighted by atomic mass is 10.2. The minimum atomic E-state index is -0.581. The van der Waals surface area contributed by atoms with E-state index in [4.69, 9.17) is 4.74 Å². The molecule has 0 spiro atoms. The van der Waals surface area contributed by atoms with Gasteiger partial charge in [0.1, 0.15) is 11.4 Å². The first-order valence-corrected chi connectivity index (χ1v) is 7.04. The lowest BCUT2D eigenvalue weighted by molar-refractivity contribution is 0.0949. The number of benzene rings is 1. The maximum atomic E-state index is 11.9. The summed E-state index contributed by atoms with van der Waals surface area (Å²) in [5.41, 5.74) is 2.97. The molecule has 2 N–H and O–H groups in total. The van der Waals surface area contributed by atoms with E-state index in [2.05, 4.69) is 36.4 Å². The Morgan fingerprint density at radius 2 is 2.23 bits per heavy atom. The summed E-state index contributed by atoms with van der Waals surface area (Å²) < 4.78 is 6.05. The summed E-state index contributed by atoms with van der Waals surface area (Å²) in [5.74, 6) is 0.0470. The number of aromatic nitrogens is 2. The van der Waals surface area contributed by atoms with Crippen LogP contribution >= 0.6 is 15.9 Å². The summed E-state index contributed by atoms with van der Waals surface area (Å²) in [6.45, 7) is 1.66. The number of aromatic amines is 1. The third-order valence-corrected chi connectivity index (χ3v) is 3.17. The molecule has 0 aliphatic heterocycles. The maximum Gasteiger partial charge on any atom is 0.345 e. The van der Waals surface area contributed by atoms with Crippen molar-refractivity contribution in [1.82, 2.24) is 15.4 Å². The molecule has 0 aliphatic rings. The number of nitrogens with zero attached hydrogens (tertiary/aromatic N) is 2. The Morgan fingerprint density at radius 1 is 1.45 bits per heavy atom. The van der Waals surface area contributed by atoms with Crippen LogP contribution in [0.1, 0.15) is 21.7 Å². The van der Waals surface area contributed by atoms with Crippen LogP contribution in [-0.4, -0.2) is 29.2 Å². The number of hydrazone groups is 1. The van der Waals surface area contributed by atoms with Crippen molar-refractivity contribution in [2.75, 3.05) is 7.11 Å².